The highest BCUT2D eigenvalue weighted by Crippen LogP contribution is 2.31. The van der Waals surface area contributed by atoms with Crippen LogP contribution in [0, 0.1) is 5.21 Å². The molecule has 0 aliphatic carbocycles. The largest absolute Gasteiger partial charge is 0.606 e. The summed E-state index contributed by atoms with van der Waals surface area (Å²) in [5.74, 6) is 0. The molecule has 14 heavy (non-hydrogen) atoms. The third-order valence-corrected chi connectivity index (χ3v) is 3.16. The van der Waals surface area contributed by atoms with E-state index in [4.69, 9.17) is 0 Å². The number of rotatable bonds is 1. The lowest BCUT2D eigenvalue weighted by molar-refractivity contribution is 0.0879. The molecule has 0 saturated carbocycles. The molecule has 3 nitrogen and oxygen atoms in total. The standard InChI is InChI=1S/C11H16N2O/c1-10-8-9-13(14,12(10)2)11-6-4-3-5-7-11/h3-7,10H,8-9H2,1-2H3. The normalized spacial score (nSPS) is 33.5. The van der Waals surface area contributed by atoms with Crippen LogP contribution in [0.1, 0.15) is 13.3 Å². The van der Waals surface area contributed by atoms with Gasteiger partial charge >= 0.3 is 0 Å². The highest BCUT2D eigenvalue weighted by Gasteiger charge is 2.36. The number of para-hydroxylation sites is 1. The molecule has 0 N–H and O–H groups in total. The van der Waals surface area contributed by atoms with E-state index in [1.165, 1.54) is 0 Å². The molecule has 3 heteroatoms. The summed E-state index contributed by atoms with van der Waals surface area (Å²) in [6.45, 7) is 2.75. The van der Waals surface area contributed by atoms with E-state index in [1.807, 2.05) is 42.4 Å². The van der Waals surface area contributed by atoms with Gasteiger partial charge in [-0.3, -0.25) is 0 Å². The molecule has 1 aromatic carbocycles. The Morgan fingerprint density at radius 3 is 2.50 bits per heavy atom. The van der Waals surface area contributed by atoms with E-state index >= 15 is 0 Å². The summed E-state index contributed by atoms with van der Waals surface area (Å²) in [6, 6.07) is 9.96. The van der Waals surface area contributed by atoms with Crippen LogP contribution in [-0.4, -0.2) is 24.6 Å². The highest BCUT2D eigenvalue weighted by molar-refractivity contribution is 5.42. The van der Waals surface area contributed by atoms with Gasteiger partial charge in [-0.2, -0.15) is 0 Å². The Labute approximate surface area is 84.7 Å². The van der Waals surface area contributed by atoms with Crippen molar-refractivity contribution in [2.45, 2.75) is 19.4 Å². The molecular formula is C11H16N2O. The van der Waals surface area contributed by atoms with Crippen molar-refractivity contribution in [2.24, 2.45) is 0 Å². The summed E-state index contributed by atoms with van der Waals surface area (Å²) in [5, 5.41) is 14.4. The Balaban J connectivity index is 2.34. The SMILES string of the molecule is CC1CC[N+]([O-])(c2ccccc2)N1C. The average Bonchev–Trinajstić information content (AvgIpc) is 2.49. The Morgan fingerprint density at radius 1 is 1.36 bits per heavy atom. The van der Waals surface area contributed by atoms with E-state index in [-0.39, 0.29) is 4.76 Å². The zero-order valence-electron chi connectivity index (χ0n) is 8.68. The second-order valence-corrected chi connectivity index (χ2v) is 3.97. The third kappa shape index (κ3) is 1.34. The third-order valence-electron chi connectivity index (χ3n) is 3.16. The van der Waals surface area contributed by atoms with Crippen molar-refractivity contribution >= 4 is 5.69 Å². The summed E-state index contributed by atoms with van der Waals surface area (Å²) in [5.41, 5.74) is 0.833. The molecule has 1 aromatic rings. The van der Waals surface area contributed by atoms with E-state index < -0.39 is 0 Å². The number of hydrogen-bond acceptors (Lipinski definition) is 2. The Kier molecular flexibility index (Phi) is 2.31. The quantitative estimate of drug-likeness (QED) is 0.503. The van der Waals surface area contributed by atoms with Gasteiger partial charge in [-0.1, -0.05) is 18.2 Å². The summed E-state index contributed by atoms with van der Waals surface area (Å²) >= 11 is 0. The fourth-order valence-corrected chi connectivity index (χ4v) is 2.00. The minimum Gasteiger partial charge on any atom is -0.606 e. The van der Waals surface area contributed by atoms with Crippen molar-refractivity contribution in [3.05, 3.63) is 35.5 Å². The van der Waals surface area contributed by atoms with Crippen LogP contribution >= 0.6 is 0 Å². The van der Waals surface area contributed by atoms with Gasteiger partial charge in [0.2, 0.25) is 0 Å². The van der Waals surface area contributed by atoms with Crippen molar-refractivity contribution in [3.8, 4) is 0 Å². The van der Waals surface area contributed by atoms with Gasteiger partial charge in [0.05, 0.1) is 6.04 Å². The van der Waals surface area contributed by atoms with Gasteiger partial charge in [0.25, 0.3) is 0 Å². The van der Waals surface area contributed by atoms with Gasteiger partial charge in [0.1, 0.15) is 6.54 Å². The number of hydroxylamine groups is 1. The maximum absolute atomic E-state index is 12.5. The molecule has 76 valence electrons. The minimum atomic E-state index is -0.304. The lowest BCUT2D eigenvalue weighted by atomic mass is 10.3. The molecule has 2 atom stereocenters. The van der Waals surface area contributed by atoms with Gasteiger partial charge in [0.15, 0.2) is 5.69 Å². The van der Waals surface area contributed by atoms with Crippen LogP contribution in [0.15, 0.2) is 30.3 Å². The van der Waals surface area contributed by atoms with E-state index in [0.717, 1.165) is 12.1 Å². The Morgan fingerprint density at radius 2 is 2.00 bits per heavy atom. The number of nitrogens with zero attached hydrogens (tertiary/aromatic N) is 2. The van der Waals surface area contributed by atoms with Crippen LogP contribution in [-0.2, 0) is 0 Å². The van der Waals surface area contributed by atoms with Crippen molar-refractivity contribution < 1.29 is 0 Å². The lowest BCUT2D eigenvalue weighted by Crippen LogP contribution is -2.52. The van der Waals surface area contributed by atoms with Crippen LogP contribution in [0.25, 0.3) is 0 Å². The van der Waals surface area contributed by atoms with Gasteiger partial charge in [-0.25, -0.2) is 4.76 Å². The summed E-state index contributed by atoms with van der Waals surface area (Å²) in [7, 11) is 1.90. The van der Waals surface area contributed by atoms with Gasteiger partial charge in [0, 0.05) is 25.6 Å². The molecule has 0 bridgehead atoms. The second-order valence-electron chi connectivity index (χ2n) is 3.97. The van der Waals surface area contributed by atoms with Crippen LogP contribution in [0.2, 0.25) is 0 Å². The first-order chi connectivity index (χ1) is 6.64. The second kappa shape index (κ2) is 3.35. The van der Waals surface area contributed by atoms with Gasteiger partial charge in [-0.05, 0) is 6.92 Å². The minimum absolute atomic E-state index is 0.304. The first-order valence-electron chi connectivity index (χ1n) is 5.02. The van der Waals surface area contributed by atoms with E-state index in [9.17, 15) is 5.21 Å². The predicted octanol–water partition coefficient (Wildman–Crippen LogP) is 2.13. The van der Waals surface area contributed by atoms with Crippen LogP contribution in [0.5, 0.6) is 0 Å². The molecule has 0 amide bonds. The molecule has 1 fully saturated rings. The monoisotopic (exact) mass is 192 g/mol. The van der Waals surface area contributed by atoms with Crippen molar-refractivity contribution in [2.75, 3.05) is 13.6 Å². The topological polar surface area (TPSA) is 26.3 Å². The first kappa shape index (κ1) is 9.65. The van der Waals surface area contributed by atoms with Crippen LogP contribution in [0.3, 0.4) is 0 Å². The van der Waals surface area contributed by atoms with Crippen molar-refractivity contribution in [1.29, 1.82) is 0 Å². The lowest BCUT2D eigenvalue weighted by Gasteiger charge is -2.43. The summed E-state index contributed by atoms with van der Waals surface area (Å²) < 4.78 is -0.304. The number of hydrogen-bond donors (Lipinski definition) is 0. The molecule has 0 aromatic heterocycles. The van der Waals surface area contributed by atoms with Gasteiger partial charge in [-0.15, -0.1) is 5.01 Å². The maximum Gasteiger partial charge on any atom is 0.152 e. The van der Waals surface area contributed by atoms with E-state index in [0.29, 0.717) is 12.6 Å². The van der Waals surface area contributed by atoms with Crippen molar-refractivity contribution in [1.82, 2.24) is 9.76 Å². The molecule has 2 unspecified atom stereocenters. The molecular weight excluding hydrogens is 176 g/mol. The molecule has 2 rings (SSSR count). The Bertz CT molecular complexity index is 314. The number of quaternary nitrogens is 1. The number of benzene rings is 1. The maximum atomic E-state index is 12.5. The fourth-order valence-electron chi connectivity index (χ4n) is 2.00. The van der Waals surface area contributed by atoms with E-state index in [2.05, 4.69) is 6.92 Å². The highest BCUT2D eigenvalue weighted by atomic mass is 16.6. The average molecular weight is 192 g/mol. The molecule has 1 aliphatic heterocycles. The first-order valence-corrected chi connectivity index (χ1v) is 5.02. The molecule has 1 saturated heterocycles. The zero-order chi connectivity index (χ0) is 10.2. The Hall–Kier alpha value is -0.900. The zero-order valence-corrected chi connectivity index (χ0v) is 8.68. The van der Waals surface area contributed by atoms with Crippen molar-refractivity contribution in [3.63, 3.8) is 0 Å². The smallest absolute Gasteiger partial charge is 0.152 e. The molecule has 0 spiro atoms. The summed E-state index contributed by atoms with van der Waals surface area (Å²) in [4.78, 5) is 0. The fraction of sp³-hybridized carbons (Fsp3) is 0.455. The van der Waals surface area contributed by atoms with E-state index in [1.54, 1.807) is 0 Å². The molecule has 1 heterocycles. The predicted molar refractivity (Wildman–Crippen MR) is 58.3 cm³/mol. The van der Waals surface area contributed by atoms with Gasteiger partial charge < -0.3 is 5.21 Å². The molecule has 0 radical (unpaired) electrons. The van der Waals surface area contributed by atoms with Crippen LogP contribution < -0.4 is 4.76 Å². The van der Waals surface area contributed by atoms with Crippen LogP contribution in [0.4, 0.5) is 5.69 Å². The summed E-state index contributed by atoms with van der Waals surface area (Å²) in [6.07, 6.45) is 0.967. The molecule has 1 aliphatic rings.